The minimum atomic E-state index is -0.318. The average Bonchev–Trinajstić information content (AvgIpc) is 3.07. The fourth-order valence-corrected chi connectivity index (χ4v) is 2.56. The van der Waals surface area contributed by atoms with Crippen molar-refractivity contribution in [3.8, 4) is 22.7 Å². The quantitative estimate of drug-likeness (QED) is 0.758. The molecule has 0 aliphatic rings. The van der Waals surface area contributed by atoms with Gasteiger partial charge in [0, 0.05) is 11.6 Å². The topological polar surface area (TPSA) is 56.2 Å². The van der Waals surface area contributed by atoms with Crippen LogP contribution >= 0.6 is 0 Å². The smallest absolute Gasteiger partial charge is 0.270 e. The Hall–Kier alpha value is -3.15. The van der Waals surface area contributed by atoms with Gasteiger partial charge in [-0.05, 0) is 68.4 Å². The van der Waals surface area contributed by atoms with Crippen molar-refractivity contribution in [2.24, 2.45) is 0 Å². The molecule has 5 nitrogen and oxygen atoms in total. The van der Waals surface area contributed by atoms with Crippen molar-refractivity contribution in [1.29, 1.82) is 0 Å². The molecule has 3 rings (SSSR count). The Labute approximate surface area is 151 Å². The Morgan fingerprint density at radius 2 is 1.77 bits per heavy atom. The van der Waals surface area contributed by atoms with Crippen LogP contribution < -0.4 is 10.1 Å². The van der Waals surface area contributed by atoms with Crippen molar-refractivity contribution in [2.75, 3.05) is 7.11 Å². The maximum absolute atomic E-state index is 13.2. The molecule has 6 heteroatoms. The van der Waals surface area contributed by atoms with Crippen LogP contribution in [-0.2, 0) is 0 Å². The number of amides is 1. The highest BCUT2D eigenvalue weighted by Gasteiger charge is 2.18. The van der Waals surface area contributed by atoms with Crippen LogP contribution in [0.25, 0.3) is 16.9 Å². The van der Waals surface area contributed by atoms with Crippen LogP contribution in [-0.4, -0.2) is 28.8 Å². The molecule has 0 unspecified atom stereocenters. The first-order valence-corrected chi connectivity index (χ1v) is 8.29. The standard InChI is InChI=1S/C20H20FN3O2/c1-13(2)22-20(25)19-12-18(14-4-6-15(21)7-5-14)23-24(19)16-8-10-17(26-3)11-9-16/h4-13H,1-3H3,(H,22,25). The number of aromatic nitrogens is 2. The Morgan fingerprint density at radius 3 is 2.35 bits per heavy atom. The third-order valence-corrected chi connectivity index (χ3v) is 3.82. The van der Waals surface area contributed by atoms with Gasteiger partial charge in [0.05, 0.1) is 18.5 Å². The van der Waals surface area contributed by atoms with Gasteiger partial charge in [-0.1, -0.05) is 0 Å². The first-order chi connectivity index (χ1) is 12.5. The molecule has 1 amide bonds. The number of benzene rings is 2. The zero-order chi connectivity index (χ0) is 18.7. The van der Waals surface area contributed by atoms with Crippen LogP contribution in [0, 0.1) is 5.82 Å². The number of carbonyl (C=O) groups is 1. The van der Waals surface area contributed by atoms with Gasteiger partial charge in [0.1, 0.15) is 17.3 Å². The van der Waals surface area contributed by atoms with Gasteiger partial charge in [-0.15, -0.1) is 0 Å². The Kier molecular flexibility index (Phi) is 5.02. The van der Waals surface area contributed by atoms with Crippen molar-refractivity contribution >= 4 is 5.91 Å². The number of carbonyl (C=O) groups excluding carboxylic acids is 1. The molecule has 1 N–H and O–H groups in total. The van der Waals surface area contributed by atoms with Gasteiger partial charge in [-0.2, -0.15) is 5.10 Å². The molecule has 0 atom stereocenters. The van der Waals surface area contributed by atoms with Crippen LogP contribution in [0.2, 0.25) is 0 Å². The number of nitrogens with one attached hydrogen (secondary N) is 1. The third kappa shape index (κ3) is 3.74. The maximum atomic E-state index is 13.2. The molecule has 0 fully saturated rings. The highest BCUT2D eigenvalue weighted by molar-refractivity contribution is 5.94. The van der Waals surface area contributed by atoms with E-state index in [0.717, 1.165) is 11.3 Å². The first kappa shape index (κ1) is 17.7. The Morgan fingerprint density at radius 1 is 1.12 bits per heavy atom. The van der Waals surface area contributed by atoms with Gasteiger partial charge in [0.2, 0.25) is 0 Å². The van der Waals surface area contributed by atoms with Crippen molar-refractivity contribution in [3.05, 3.63) is 66.1 Å². The zero-order valence-electron chi connectivity index (χ0n) is 14.9. The largest absolute Gasteiger partial charge is 0.497 e. The number of halogens is 1. The molecule has 0 saturated carbocycles. The van der Waals surface area contributed by atoms with E-state index in [1.807, 2.05) is 26.0 Å². The molecular formula is C20H20FN3O2. The molecule has 1 heterocycles. The van der Waals surface area contributed by atoms with Gasteiger partial charge < -0.3 is 10.1 Å². The monoisotopic (exact) mass is 353 g/mol. The minimum absolute atomic E-state index is 0.00371. The molecule has 0 bridgehead atoms. The van der Waals surface area contributed by atoms with E-state index in [1.54, 1.807) is 42.1 Å². The maximum Gasteiger partial charge on any atom is 0.270 e. The van der Waals surface area contributed by atoms with Gasteiger partial charge >= 0.3 is 0 Å². The Bertz CT molecular complexity index is 900. The van der Waals surface area contributed by atoms with Crippen molar-refractivity contribution in [1.82, 2.24) is 15.1 Å². The van der Waals surface area contributed by atoms with E-state index in [4.69, 9.17) is 4.74 Å². The fraction of sp³-hybridized carbons (Fsp3) is 0.200. The van der Waals surface area contributed by atoms with E-state index in [0.29, 0.717) is 17.1 Å². The zero-order valence-corrected chi connectivity index (χ0v) is 14.9. The predicted molar refractivity (Wildman–Crippen MR) is 98.1 cm³/mol. The minimum Gasteiger partial charge on any atom is -0.497 e. The van der Waals surface area contributed by atoms with Crippen molar-refractivity contribution in [2.45, 2.75) is 19.9 Å². The van der Waals surface area contributed by atoms with E-state index in [2.05, 4.69) is 10.4 Å². The lowest BCUT2D eigenvalue weighted by atomic mass is 10.1. The first-order valence-electron chi connectivity index (χ1n) is 8.29. The highest BCUT2D eigenvalue weighted by atomic mass is 19.1. The summed E-state index contributed by atoms with van der Waals surface area (Å²) in [6, 6.07) is 15.0. The summed E-state index contributed by atoms with van der Waals surface area (Å²) in [5, 5.41) is 7.44. The molecule has 134 valence electrons. The summed E-state index contributed by atoms with van der Waals surface area (Å²) in [6.45, 7) is 3.79. The second-order valence-electron chi connectivity index (χ2n) is 6.16. The van der Waals surface area contributed by atoms with Gasteiger partial charge in [-0.3, -0.25) is 4.79 Å². The fourth-order valence-electron chi connectivity index (χ4n) is 2.56. The summed E-state index contributed by atoms with van der Waals surface area (Å²) in [4.78, 5) is 12.6. The number of nitrogens with zero attached hydrogens (tertiary/aromatic N) is 2. The number of hydrogen-bond donors (Lipinski definition) is 1. The van der Waals surface area contributed by atoms with E-state index in [9.17, 15) is 9.18 Å². The number of ether oxygens (including phenoxy) is 1. The SMILES string of the molecule is COc1ccc(-n2nc(-c3ccc(F)cc3)cc2C(=O)NC(C)C)cc1. The van der Waals surface area contributed by atoms with E-state index < -0.39 is 0 Å². The van der Waals surface area contributed by atoms with Crippen LogP contribution in [0.5, 0.6) is 5.75 Å². The molecule has 0 radical (unpaired) electrons. The van der Waals surface area contributed by atoms with Gasteiger partial charge in [-0.25, -0.2) is 9.07 Å². The average molecular weight is 353 g/mol. The molecule has 0 saturated heterocycles. The van der Waals surface area contributed by atoms with Gasteiger partial charge in [0.25, 0.3) is 5.91 Å². The number of hydrogen-bond acceptors (Lipinski definition) is 3. The summed E-state index contributed by atoms with van der Waals surface area (Å²) < 4.78 is 19.9. The highest BCUT2D eigenvalue weighted by Crippen LogP contribution is 2.23. The van der Waals surface area contributed by atoms with Crippen molar-refractivity contribution in [3.63, 3.8) is 0 Å². The molecule has 1 aromatic heterocycles. The molecule has 26 heavy (non-hydrogen) atoms. The number of methoxy groups -OCH3 is 1. The third-order valence-electron chi connectivity index (χ3n) is 3.82. The summed E-state index contributed by atoms with van der Waals surface area (Å²) in [6.07, 6.45) is 0. The molecule has 0 aliphatic heterocycles. The second kappa shape index (κ2) is 7.39. The van der Waals surface area contributed by atoms with Gasteiger partial charge in [0.15, 0.2) is 0 Å². The van der Waals surface area contributed by atoms with Crippen LogP contribution in [0.15, 0.2) is 54.6 Å². The van der Waals surface area contributed by atoms with Crippen molar-refractivity contribution < 1.29 is 13.9 Å². The molecule has 3 aromatic rings. The van der Waals surface area contributed by atoms with E-state index in [-0.39, 0.29) is 17.8 Å². The lowest BCUT2D eigenvalue weighted by Gasteiger charge is -2.10. The van der Waals surface area contributed by atoms with Crippen LogP contribution in [0.4, 0.5) is 4.39 Å². The molecule has 0 aliphatic carbocycles. The van der Waals surface area contributed by atoms with E-state index >= 15 is 0 Å². The summed E-state index contributed by atoms with van der Waals surface area (Å²) in [5.41, 5.74) is 2.46. The predicted octanol–water partition coefficient (Wildman–Crippen LogP) is 3.83. The molecule has 2 aromatic carbocycles. The summed E-state index contributed by atoms with van der Waals surface area (Å²) >= 11 is 0. The van der Waals surface area contributed by atoms with Crippen LogP contribution in [0.1, 0.15) is 24.3 Å². The second-order valence-corrected chi connectivity index (χ2v) is 6.16. The summed E-state index contributed by atoms with van der Waals surface area (Å²) in [7, 11) is 1.59. The van der Waals surface area contributed by atoms with E-state index in [1.165, 1.54) is 12.1 Å². The molecular weight excluding hydrogens is 333 g/mol. The van der Waals surface area contributed by atoms with Crippen LogP contribution in [0.3, 0.4) is 0 Å². The molecule has 0 spiro atoms. The normalized spacial score (nSPS) is 10.8. The lowest BCUT2D eigenvalue weighted by molar-refractivity contribution is 0.0935. The Balaban J connectivity index is 2.07. The number of rotatable bonds is 5. The summed E-state index contributed by atoms with van der Waals surface area (Å²) in [5.74, 6) is 0.172. The lowest BCUT2D eigenvalue weighted by Crippen LogP contribution is -2.31.